The number of hydrogen-bond acceptors (Lipinski definition) is 8. The van der Waals surface area contributed by atoms with Gasteiger partial charge in [0.05, 0.1) is 12.3 Å². The number of ether oxygens (including phenoxy) is 1. The molecule has 1 unspecified atom stereocenters. The molecular weight excluding hydrogens is 314 g/mol. The highest BCUT2D eigenvalue weighted by Crippen LogP contribution is 2.42. The molecule has 1 aliphatic rings. The van der Waals surface area contributed by atoms with Crippen LogP contribution in [-0.2, 0) is 14.6 Å². The van der Waals surface area contributed by atoms with Crippen molar-refractivity contribution in [1.82, 2.24) is 0 Å². The lowest BCUT2D eigenvalue weighted by Gasteiger charge is -2.17. The fraction of sp³-hybridized carbons (Fsp3) is 0.583. The Morgan fingerprint density at radius 2 is 2.19 bits per heavy atom. The van der Waals surface area contributed by atoms with Crippen LogP contribution in [0.3, 0.4) is 0 Å². The molecule has 1 atom stereocenters. The van der Waals surface area contributed by atoms with Crippen molar-refractivity contribution < 1.29 is 17.9 Å². The Balaban J connectivity index is 2.53. The van der Waals surface area contributed by atoms with Crippen LogP contribution in [-0.4, -0.2) is 46.4 Å². The van der Waals surface area contributed by atoms with Crippen molar-refractivity contribution in [2.75, 3.05) is 36.6 Å². The van der Waals surface area contributed by atoms with Crippen molar-refractivity contribution >= 4 is 37.8 Å². The number of carbonyl (C=O) groups is 1. The Hall–Kier alpha value is -1.32. The zero-order valence-corrected chi connectivity index (χ0v) is 13.6. The molecule has 0 aromatic carbocycles. The first-order valence-electron chi connectivity index (χ1n) is 6.55. The number of rotatable bonds is 4. The first-order chi connectivity index (χ1) is 9.75. The van der Waals surface area contributed by atoms with Crippen LogP contribution in [0.15, 0.2) is 4.90 Å². The molecule has 0 aliphatic carbocycles. The number of nitrogen functional groups attached to an aromatic ring is 1. The number of nitrogens with two attached hydrogens (primary N) is 2. The van der Waals surface area contributed by atoms with Crippen LogP contribution in [0.4, 0.5) is 10.7 Å². The molecule has 1 aliphatic heterocycles. The molecule has 0 saturated carbocycles. The van der Waals surface area contributed by atoms with Crippen LogP contribution < -0.4 is 16.4 Å². The molecule has 1 fully saturated rings. The van der Waals surface area contributed by atoms with Gasteiger partial charge in [-0.1, -0.05) is 0 Å². The second kappa shape index (κ2) is 5.82. The molecule has 0 spiro atoms. The summed E-state index contributed by atoms with van der Waals surface area (Å²) in [7, 11) is -3.55. The van der Waals surface area contributed by atoms with Crippen LogP contribution in [0.1, 0.15) is 23.0 Å². The maximum Gasteiger partial charge on any atom is 0.350 e. The molecule has 2 rings (SSSR count). The largest absolute Gasteiger partial charge is 0.462 e. The van der Waals surface area contributed by atoms with E-state index < -0.39 is 15.8 Å². The summed E-state index contributed by atoms with van der Waals surface area (Å²) in [5.74, 6) is -0.598. The van der Waals surface area contributed by atoms with Crippen molar-refractivity contribution in [2.24, 2.45) is 5.73 Å². The number of sulfone groups is 1. The minimum atomic E-state index is -3.55. The number of thiophene rings is 1. The van der Waals surface area contributed by atoms with E-state index in [1.54, 1.807) is 6.92 Å². The van der Waals surface area contributed by atoms with Gasteiger partial charge in [0.2, 0.25) is 0 Å². The van der Waals surface area contributed by atoms with E-state index in [0.717, 1.165) is 24.0 Å². The van der Waals surface area contributed by atoms with Crippen LogP contribution in [0.5, 0.6) is 0 Å². The summed E-state index contributed by atoms with van der Waals surface area (Å²) in [6.07, 6.45) is 1.86. The Kier molecular flexibility index (Phi) is 4.45. The van der Waals surface area contributed by atoms with Gasteiger partial charge in [-0.05, 0) is 13.3 Å². The van der Waals surface area contributed by atoms with Gasteiger partial charge in [0.25, 0.3) is 0 Å². The van der Waals surface area contributed by atoms with E-state index >= 15 is 0 Å². The summed E-state index contributed by atoms with van der Waals surface area (Å²) < 4.78 is 29.0. The maximum absolute atomic E-state index is 12.0. The highest BCUT2D eigenvalue weighted by atomic mass is 32.2. The summed E-state index contributed by atoms with van der Waals surface area (Å²) in [4.78, 5) is 13.9. The summed E-state index contributed by atoms with van der Waals surface area (Å²) in [5, 5.41) is 0.478. The molecule has 0 amide bonds. The average molecular weight is 333 g/mol. The smallest absolute Gasteiger partial charge is 0.350 e. The third kappa shape index (κ3) is 3.14. The van der Waals surface area contributed by atoms with Crippen molar-refractivity contribution in [3.05, 3.63) is 4.88 Å². The van der Waals surface area contributed by atoms with E-state index in [0.29, 0.717) is 18.1 Å². The standard InChI is InChI=1S/C12H19N3O4S2/c1-3-19-12(16)9-8(14)10(21(2,17)18)11(20-9)15-5-4-7(13)6-15/h7H,3-6,13-14H2,1-2H3. The van der Waals surface area contributed by atoms with Gasteiger partial charge in [-0.3, -0.25) is 0 Å². The van der Waals surface area contributed by atoms with Crippen molar-refractivity contribution in [2.45, 2.75) is 24.3 Å². The number of anilines is 2. The van der Waals surface area contributed by atoms with Gasteiger partial charge in [-0.2, -0.15) is 0 Å². The Morgan fingerprint density at radius 1 is 1.52 bits per heavy atom. The van der Waals surface area contributed by atoms with Crippen molar-refractivity contribution in [3.8, 4) is 0 Å². The predicted molar refractivity (Wildman–Crippen MR) is 82.6 cm³/mol. The Labute approximate surface area is 127 Å². The zero-order valence-electron chi connectivity index (χ0n) is 12.0. The van der Waals surface area contributed by atoms with E-state index in [9.17, 15) is 13.2 Å². The number of esters is 1. The minimum Gasteiger partial charge on any atom is -0.462 e. The third-order valence-corrected chi connectivity index (χ3v) is 5.76. The molecule has 9 heteroatoms. The fourth-order valence-electron chi connectivity index (χ4n) is 2.30. The van der Waals surface area contributed by atoms with E-state index in [1.165, 1.54) is 0 Å². The molecule has 118 valence electrons. The second-order valence-electron chi connectivity index (χ2n) is 4.97. The summed E-state index contributed by atoms with van der Waals surface area (Å²) >= 11 is 1.05. The van der Waals surface area contributed by atoms with Crippen molar-refractivity contribution in [3.63, 3.8) is 0 Å². The lowest BCUT2D eigenvalue weighted by Crippen LogP contribution is -2.26. The number of carbonyl (C=O) groups excluding carboxylic acids is 1. The SMILES string of the molecule is CCOC(=O)c1sc(N2CCC(N)C2)c(S(C)(=O)=O)c1N. The highest BCUT2D eigenvalue weighted by molar-refractivity contribution is 7.91. The maximum atomic E-state index is 12.0. The average Bonchev–Trinajstić information content (AvgIpc) is 2.92. The Morgan fingerprint density at radius 3 is 2.67 bits per heavy atom. The lowest BCUT2D eigenvalue weighted by molar-refractivity contribution is 0.0533. The van der Waals surface area contributed by atoms with Crippen molar-refractivity contribution in [1.29, 1.82) is 0 Å². The normalized spacial score (nSPS) is 19.0. The first-order valence-corrected chi connectivity index (χ1v) is 9.26. The van der Waals surface area contributed by atoms with E-state index in [1.807, 2.05) is 4.90 Å². The molecule has 21 heavy (non-hydrogen) atoms. The minimum absolute atomic E-state index is 0.00431. The highest BCUT2D eigenvalue weighted by Gasteiger charge is 2.32. The van der Waals surface area contributed by atoms with Gasteiger partial charge in [-0.25, -0.2) is 13.2 Å². The second-order valence-corrected chi connectivity index (χ2v) is 7.92. The molecule has 1 aromatic heterocycles. The zero-order chi connectivity index (χ0) is 15.8. The first kappa shape index (κ1) is 16.1. The molecule has 2 heterocycles. The fourth-order valence-corrected chi connectivity index (χ4v) is 4.94. The summed E-state index contributed by atoms with van der Waals surface area (Å²) in [6.45, 7) is 3.07. The Bertz CT molecular complexity index is 654. The molecule has 4 N–H and O–H groups in total. The molecular formula is C12H19N3O4S2. The summed E-state index contributed by atoms with van der Waals surface area (Å²) in [6, 6.07) is -0.00761. The number of nitrogens with zero attached hydrogens (tertiary/aromatic N) is 1. The third-order valence-electron chi connectivity index (χ3n) is 3.23. The van der Waals surface area contributed by atoms with Crippen LogP contribution >= 0.6 is 11.3 Å². The predicted octanol–water partition coefficient (Wildman–Crippen LogP) is 0.448. The van der Waals surface area contributed by atoms with Gasteiger partial charge in [0.15, 0.2) is 9.84 Å². The van der Waals surface area contributed by atoms with E-state index in [-0.39, 0.29) is 28.1 Å². The van der Waals surface area contributed by atoms with Crippen LogP contribution in [0, 0.1) is 0 Å². The van der Waals surface area contributed by atoms with Gasteiger partial charge in [0.1, 0.15) is 14.8 Å². The monoisotopic (exact) mass is 333 g/mol. The van der Waals surface area contributed by atoms with Gasteiger partial charge < -0.3 is 21.1 Å². The molecule has 7 nitrogen and oxygen atoms in total. The van der Waals surface area contributed by atoms with Gasteiger partial charge in [-0.15, -0.1) is 11.3 Å². The number of hydrogen-bond donors (Lipinski definition) is 2. The van der Waals surface area contributed by atoms with Gasteiger partial charge >= 0.3 is 5.97 Å². The molecule has 0 bridgehead atoms. The van der Waals surface area contributed by atoms with Crippen LogP contribution in [0.2, 0.25) is 0 Å². The van der Waals surface area contributed by atoms with E-state index in [4.69, 9.17) is 16.2 Å². The van der Waals surface area contributed by atoms with Crippen LogP contribution in [0.25, 0.3) is 0 Å². The molecule has 1 saturated heterocycles. The quantitative estimate of drug-likeness (QED) is 0.768. The molecule has 1 aromatic rings. The van der Waals surface area contributed by atoms with E-state index in [2.05, 4.69) is 0 Å². The summed E-state index contributed by atoms with van der Waals surface area (Å²) in [5.41, 5.74) is 11.7. The lowest BCUT2D eigenvalue weighted by atomic mass is 10.3. The van der Waals surface area contributed by atoms with Gasteiger partial charge in [0, 0.05) is 25.4 Å². The molecule has 0 radical (unpaired) electrons. The topological polar surface area (TPSA) is 116 Å².